The van der Waals surface area contributed by atoms with E-state index in [0.29, 0.717) is 30.5 Å². The molecule has 0 saturated heterocycles. The molecular formula is C12H11F3N2O. The van der Waals surface area contributed by atoms with E-state index in [4.69, 9.17) is 10.3 Å². The van der Waals surface area contributed by atoms with E-state index in [1.807, 2.05) is 6.92 Å². The van der Waals surface area contributed by atoms with Gasteiger partial charge < -0.3 is 10.3 Å². The van der Waals surface area contributed by atoms with Crippen molar-refractivity contribution in [3.8, 4) is 11.3 Å². The second kappa shape index (κ2) is 4.72. The van der Waals surface area contributed by atoms with E-state index in [-0.39, 0.29) is 11.6 Å². The molecular weight excluding hydrogens is 245 g/mol. The third-order valence-corrected chi connectivity index (χ3v) is 2.55. The molecule has 0 aliphatic heterocycles. The van der Waals surface area contributed by atoms with E-state index in [1.54, 1.807) is 0 Å². The Morgan fingerprint density at radius 2 is 1.83 bits per heavy atom. The first-order valence-corrected chi connectivity index (χ1v) is 5.43. The summed E-state index contributed by atoms with van der Waals surface area (Å²) in [6.45, 7) is 1.88. The average molecular weight is 256 g/mol. The molecule has 0 fully saturated rings. The third kappa shape index (κ3) is 2.05. The summed E-state index contributed by atoms with van der Waals surface area (Å²) in [5, 5.41) is 3.49. The van der Waals surface area contributed by atoms with Gasteiger partial charge in [0.05, 0.1) is 5.56 Å². The fourth-order valence-electron chi connectivity index (χ4n) is 1.77. The molecule has 0 spiro atoms. The molecule has 18 heavy (non-hydrogen) atoms. The molecule has 0 unspecified atom stereocenters. The van der Waals surface area contributed by atoms with Gasteiger partial charge in [-0.05, 0) is 6.42 Å². The summed E-state index contributed by atoms with van der Waals surface area (Å²) < 4.78 is 44.9. The number of nitrogens with two attached hydrogens (primary N) is 1. The number of hydrogen-bond acceptors (Lipinski definition) is 3. The topological polar surface area (TPSA) is 52.0 Å². The number of benzene rings is 1. The molecule has 0 aliphatic carbocycles. The normalized spacial score (nSPS) is 10.9. The molecule has 2 aromatic rings. The lowest BCUT2D eigenvalue weighted by Gasteiger charge is -2.04. The van der Waals surface area contributed by atoms with Crippen LogP contribution in [0.25, 0.3) is 11.3 Å². The number of nitrogen functional groups attached to an aromatic ring is 1. The van der Waals surface area contributed by atoms with Crippen LogP contribution >= 0.6 is 0 Å². The fourth-order valence-corrected chi connectivity index (χ4v) is 1.77. The number of halogens is 3. The van der Waals surface area contributed by atoms with Gasteiger partial charge in [-0.3, -0.25) is 0 Å². The minimum absolute atomic E-state index is 0.0793. The van der Waals surface area contributed by atoms with Gasteiger partial charge in [0, 0.05) is 17.7 Å². The maximum Gasteiger partial charge on any atom is 0.178 e. The van der Waals surface area contributed by atoms with Gasteiger partial charge in [0.1, 0.15) is 17.5 Å². The summed E-state index contributed by atoms with van der Waals surface area (Å²) >= 11 is 0. The Morgan fingerprint density at radius 3 is 2.39 bits per heavy atom. The highest BCUT2D eigenvalue weighted by Crippen LogP contribution is 2.33. The first kappa shape index (κ1) is 12.5. The molecule has 1 heterocycles. The quantitative estimate of drug-likeness (QED) is 0.916. The lowest BCUT2D eigenvalue weighted by atomic mass is 10.0. The summed E-state index contributed by atoms with van der Waals surface area (Å²) in [5.74, 6) is -3.06. The number of aromatic nitrogens is 1. The van der Waals surface area contributed by atoms with Gasteiger partial charge >= 0.3 is 0 Å². The third-order valence-electron chi connectivity index (χ3n) is 2.55. The lowest BCUT2D eigenvalue weighted by molar-refractivity contribution is 0.428. The Balaban J connectivity index is 2.62. The molecule has 2 N–H and O–H groups in total. The highest BCUT2D eigenvalue weighted by Gasteiger charge is 2.22. The number of rotatable bonds is 3. The summed E-state index contributed by atoms with van der Waals surface area (Å²) in [4.78, 5) is 0. The largest absolute Gasteiger partial charge is 0.381 e. The minimum atomic E-state index is -1.04. The molecule has 2 rings (SSSR count). The molecule has 0 radical (unpaired) electrons. The Bertz CT molecular complexity index is 558. The highest BCUT2D eigenvalue weighted by molar-refractivity contribution is 5.67. The summed E-state index contributed by atoms with van der Waals surface area (Å²) in [6.07, 6.45) is 1.18. The summed E-state index contributed by atoms with van der Waals surface area (Å²) in [5.41, 5.74) is 5.56. The molecule has 0 amide bonds. The second-order valence-corrected chi connectivity index (χ2v) is 3.87. The van der Waals surface area contributed by atoms with Crippen LogP contribution in [0.2, 0.25) is 0 Å². The Kier molecular flexibility index (Phi) is 3.27. The average Bonchev–Trinajstić information content (AvgIpc) is 2.61. The molecule has 6 heteroatoms. The predicted octanol–water partition coefficient (Wildman–Crippen LogP) is 3.29. The van der Waals surface area contributed by atoms with Gasteiger partial charge in [0.25, 0.3) is 0 Å². The van der Waals surface area contributed by atoms with Crippen molar-refractivity contribution in [2.75, 3.05) is 5.73 Å². The summed E-state index contributed by atoms with van der Waals surface area (Å²) in [7, 11) is 0. The van der Waals surface area contributed by atoms with Crippen LogP contribution in [0, 0.1) is 17.5 Å². The molecule has 1 aromatic carbocycles. The van der Waals surface area contributed by atoms with Crippen LogP contribution in [0.4, 0.5) is 19.0 Å². The van der Waals surface area contributed by atoms with Crippen LogP contribution in [0.3, 0.4) is 0 Å². The van der Waals surface area contributed by atoms with Crippen molar-refractivity contribution >= 4 is 5.82 Å². The van der Waals surface area contributed by atoms with Crippen molar-refractivity contribution < 1.29 is 17.7 Å². The lowest BCUT2D eigenvalue weighted by Crippen LogP contribution is -1.96. The highest BCUT2D eigenvalue weighted by atomic mass is 19.1. The smallest absolute Gasteiger partial charge is 0.178 e. The van der Waals surface area contributed by atoms with Crippen LogP contribution in [-0.2, 0) is 6.42 Å². The van der Waals surface area contributed by atoms with Crippen LogP contribution in [-0.4, -0.2) is 5.16 Å². The molecule has 3 nitrogen and oxygen atoms in total. The monoisotopic (exact) mass is 256 g/mol. The zero-order valence-corrected chi connectivity index (χ0v) is 9.64. The second-order valence-electron chi connectivity index (χ2n) is 3.87. The van der Waals surface area contributed by atoms with Crippen molar-refractivity contribution in [2.45, 2.75) is 19.8 Å². The Morgan fingerprint density at radius 1 is 1.22 bits per heavy atom. The number of nitrogens with zero attached hydrogens (tertiary/aromatic N) is 1. The summed E-state index contributed by atoms with van der Waals surface area (Å²) in [6, 6.07) is 1.18. The van der Waals surface area contributed by atoms with E-state index in [2.05, 4.69) is 5.16 Å². The van der Waals surface area contributed by atoms with Crippen LogP contribution in [0.5, 0.6) is 0 Å². The maximum absolute atomic E-state index is 13.6. The van der Waals surface area contributed by atoms with Crippen molar-refractivity contribution in [3.05, 3.63) is 35.1 Å². The van der Waals surface area contributed by atoms with E-state index < -0.39 is 23.0 Å². The standard InChI is InChI=1S/C12H11F3N2O/c1-2-3-7-11(18-17-12(7)16)10-8(14)4-6(13)5-9(10)15/h4-5H,2-3H2,1H3,(H2,16,17). The van der Waals surface area contributed by atoms with Gasteiger partial charge in [-0.1, -0.05) is 18.5 Å². The van der Waals surface area contributed by atoms with Crippen molar-refractivity contribution in [2.24, 2.45) is 0 Å². The fraction of sp³-hybridized carbons (Fsp3) is 0.250. The van der Waals surface area contributed by atoms with Gasteiger partial charge in [-0.2, -0.15) is 0 Å². The molecule has 1 aromatic heterocycles. The van der Waals surface area contributed by atoms with Crippen LogP contribution < -0.4 is 5.73 Å². The number of anilines is 1. The van der Waals surface area contributed by atoms with Crippen molar-refractivity contribution in [3.63, 3.8) is 0 Å². The maximum atomic E-state index is 13.6. The van der Waals surface area contributed by atoms with E-state index in [9.17, 15) is 13.2 Å². The zero-order chi connectivity index (χ0) is 13.3. The first-order valence-electron chi connectivity index (χ1n) is 5.43. The number of hydrogen-bond donors (Lipinski definition) is 1. The SMILES string of the molecule is CCCc1c(N)noc1-c1c(F)cc(F)cc1F. The van der Waals surface area contributed by atoms with Crippen LogP contribution in [0.15, 0.2) is 16.7 Å². The van der Waals surface area contributed by atoms with E-state index in [0.717, 1.165) is 0 Å². The van der Waals surface area contributed by atoms with Crippen molar-refractivity contribution in [1.29, 1.82) is 0 Å². The van der Waals surface area contributed by atoms with Gasteiger partial charge in [-0.25, -0.2) is 13.2 Å². The van der Waals surface area contributed by atoms with Crippen LogP contribution in [0.1, 0.15) is 18.9 Å². The van der Waals surface area contributed by atoms with Gasteiger partial charge in [0.2, 0.25) is 0 Å². The zero-order valence-electron chi connectivity index (χ0n) is 9.64. The predicted molar refractivity (Wildman–Crippen MR) is 60.2 cm³/mol. The molecule has 0 aliphatic rings. The van der Waals surface area contributed by atoms with Gasteiger partial charge in [0.15, 0.2) is 11.6 Å². The first-order chi connectivity index (χ1) is 8.54. The molecule has 96 valence electrons. The van der Waals surface area contributed by atoms with Gasteiger partial charge in [-0.15, -0.1) is 0 Å². The Labute approximate surface area is 101 Å². The Hall–Kier alpha value is -1.98. The van der Waals surface area contributed by atoms with Crippen molar-refractivity contribution in [1.82, 2.24) is 5.16 Å². The molecule has 0 saturated carbocycles. The minimum Gasteiger partial charge on any atom is -0.381 e. The molecule has 0 atom stereocenters. The van der Waals surface area contributed by atoms with E-state index in [1.165, 1.54) is 0 Å². The van der Waals surface area contributed by atoms with E-state index >= 15 is 0 Å². The molecule has 0 bridgehead atoms.